The highest BCUT2D eigenvalue weighted by molar-refractivity contribution is 6.74. The van der Waals surface area contributed by atoms with Crippen molar-refractivity contribution in [3.63, 3.8) is 0 Å². The first-order valence-electron chi connectivity index (χ1n) is 6.75. The maximum absolute atomic E-state index is 8.90. The fourth-order valence-corrected chi connectivity index (χ4v) is 2.12. The smallest absolute Gasteiger partial charge is 0.192 e. The molecular formula is C15H30O3Si. The van der Waals surface area contributed by atoms with Crippen LogP contribution < -0.4 is 0 Å². The number of methoxy groups -OCH3 is 1. The van der Waals surface area contributed by atoms with Crippen LogP contribution in [-0.4, -0.2) is 39.9 Å². The van der Waals surface area contributed by atoms with Gasteiger partial charge in [-0.1, -0.05) is 39.0 Å². The molecule has 0 heterocycles. The van der Waals surface area contributed by atoms with Crippen molar-refractivity contribution in [3.05, 3.63) is 23.8 Å². The fraction of sp³-hybridized carbons (Fsp3) is 0.733. The molecule has 0 bridgehead atoms. The third-order valence-electron chi connectivity index (χ3n) is 3.67. The van der Waals surface area contributed by atoms with Crippen LogP contribution in [0.1, 0.15) is 27.7 Å². The van der Waals surface area contributed by atoms with Gasteiger partial charge < -0.3 is 14.3 Å². The monoisotopic (exact) mass is 286 g/mol. The summed E-state index contributed by atoms with van der Waals surface area (Å²) in [6.45, 7) is 13.7. The lowest BCUT2D eigenvalue weighted by atomic mass is 10.2. The van der Waals surface area contributed by atoms with E-state index in [0.717, 1.165) is 5.57 Å². The van der Waals surface area contributed by atoms with E-state index in [4.69, 9.17) is 14.3 Å². The van der Waals surface area contributed by atoms with Crippen LogP contribution in [-0.2, 0) is 9.16 Å². The molecule has 0 aromatic rings. The van der Waals surface area contributed by atoms with E-state index in [1.54, 1.807) is 7.11 Å². The van der Waals surface area contributed by atoms with Crippen LogP contribution in [0.4, 0.5) is 0 Å². The maximum Gasteiger partial charge on any atom is 0.192 e. The van der Waals surface area contributed by atoms with Crippen LogP contribution >= 0.6 is 0 Å². The van der Waals surface area contributed by atoms with Crippen molar-refractivity contribution < 1.29 is 14.3 Å². The quantitative estimate of drug-likeness (QED) is 0.575. The van der Waals surface area contributed by atoms with Crippen LogP contribution in [0.5, 0.6) is 0 Å². The number of rotatable bonds is 7. The zero-order valence-electron chi connectivity index (χ0n) is 13.5. The number of aliphatic hydroxyl groups is 1. The third kappa shape index (κ3) is 7.06. The Morgan fingerprint density at radius 2 is 1.89 bits per heavy atom. The predicted octanol–water partition coefficient (Wildman–Crippen LogP) is 3.52. The van der Waals surface area contributed by atoms with E-state index in [2.05, 4.69) is 33.9 Å². The first kappa shape index (κ1) is 18.6. The number of hydrogen-bond donors (Lipinski definition) is 1. The van der Waals surface area contributed by atoms with Gasteiger partial charge in [0.25, 0.3) is 0 Å². The van der Waals surface area contributed by atoms with Crippen LogP contribution in [0.3, 0.4) is 0 Å². The molecule has 0 aromatic carbocycles. The lowest BCUT2D eigenvalue weighted by molar-refractivity contribution is 0.0859. The second kappa shape index (κ2) is 8.00. The van der Waals surface area contributed by atoms with Crippen molar-refractivity contribution in [2.24, 2.45) is 0 Å². The minimum atomic E-state index is -1.72. The molecule has 3 nitrogen and oxygen atoms in total. The second-order valence-corrected chi connectivity index (χ2v) is 11.2. The van der Waals surface area contributed by atoms with E-state index in [-0.39, 0.29) is 17.7 Å². The standard InChI is InChI=1S/C15H30O3Si/c1-13(11-16)9-8-10-14(17-5)12-18-19(6,7)15(2,3)4/h8-10,14,16H,11-12H2,1-7H3/b10-8+,13-9-/t14-/m1/s1. The van der Waals surface area contributed by atoms with Gasteiger partial charge in [0, 0.05) is 7.11 Å². The van der Waals surface area contributed by atoms with E-state index < -0.39 is 8.32 Å². The van der Waals surface area contributed by atoms with Gasteiger partial charge in [-0.05, 0) is 30.6 Å². The van der Waals surface area contributed by atoms with Gasteiger partial charge in [-0.3, -0.25) is 0 Å². The number of ether oxygens (including phenoxy) is 1. The van der Waals surface area contributed by atoms with Gasteiger partial charge in [-0.2, -0.15) is 0 Å². The molecule has 1 atom stereocenters. The Kier molecular flexibility index (Phi) is 7.82. The molecule has 0 aliphatic heterocycles. The van der Waals surface area contributed by atoms with Gasteiger partial charge in [0.05, 0.1) is 19.3 Å². The van der Waals surface area contributed by atoms with E-state index in [0.29, 0.717) is 6.61 Å². The molecule has 0 radical (unpaired) electrons. The fourth-order valence-electron chi connectivity index (χ4n) is 1.11. The van der Waals surface area contributed by atoms with Crippen molar-refractivity contribution in [1.82, 2.24) is 0 Å². The average molecular weight is 286 g/mol. The maximum atomic E-state index is 8.90. The molecule has 0 unspecified atom stereocenters. The summed E-state index contributed by atoms with van der Waals surface area (Å²) >= 11 is 0. The topological polar surface area (TPSA) is 38.7 Å². The largest absolute Gasteiger partial charge is 0.414 e. The van der Waals surface area contributed by atoms with Gasteiger partial charge in [0.1, 0.15) is 0 Å². The first-order chi connectivity index (χ1) is 8.64. The molecule has 0 saturated heterocycles. The lowest BCUT2D eigenvalue weighted by Crippen LogP contribution is -2.42. The van der Waals surface area contributed by atoms with E-state index in [1.807, 2.05) is 25.2 Å². The third-order valence-corrected chi connectivity index (χ3v) is 8.17. The molecule has 0 spiro atoms. The molecule has 112 valence electrons. The molecule has 0 rings (SSSR count). The molecule has 0 aromatic heterocycles. The number of aliphatic hydroxyl groups excluding tert-OH is 1. The van der Waals surface area contributed by atoms with Gasteiger partial charge >= 0.3 is 0 Å². The highest BCUT2D eigenvalue weighted by Crippen LogP contribution is 2.36. The van der Waals surface area contributed by atoms with Gasteiger partial charge in [-0.25, -0.2) is 0 Å². The molecule has 0 aliphatic rings. The van der Waals surface area contributed by atoms with Crippen LogP contribution in [0, 0.1) is 0 Å². The Balaban J connectivity index is 4.44. The zero-order valence-corrected chi connectivity index (χ0v) is 14.5. The lowest BCUT2D eigenvalue weighted by Gasteiger charge is -2.36. The van der Waals surface area contributed by atoms with Gasteiger partial charge in [0.2, 0.25) is 0 Å². The van der Waals surface area contributed by atoms with Crippen LogP contribution in [0.15, 0.2) is 23.8 Å². The Morgan fingerprint density at radius 3 is 2.32 bits per heavy atom. The first-order valence-corrected chi connectivity index (χ1v) is 9.66. The minimum Gasteiger partial charge on any atom is -0.414 e. The summed E-state index contributed by atoms with van der Waals surface area (Å²) in [5, 5.41) is 9.11. The summed E-state index contributed by atoms with van der Waals surface area (Å²) in [4.78, 5) is 0. The van der Waals surface area contributed by atoms with Crippen molar-refractivity contribution in [1.29, 1.82) is 0 Å². The Morgan fingerprint density at radius 1 is 1.32 bits per heavy atom. The summed E-state index contributed by atoms with van der Waals surface area (Å²) in [6, 6.07) is 0. The Hall–Kier alpha value is -0.423. The summed E-state index contributed by atoms with van der Waals surface area (Å²) in [5.41, 5.74) is 0.927. The van der Waals surface area contributed by atoms with Crippen LogP contribution in [0.2, 0.25) is 18.1 Å². The van der Waals surface area contributed by atoms with Gasteiger partial charge in [-0.15, -0.1) is 0 Å². The number of allylic oxidation sites excluding steroid dienone is 2. The van der Waals surface area contributed by atoms with E-state index in [9.17, 15) is 0 Å². The molecule has 4 heteroatoms. The summed E-state index contributed by atoms with van der Waals surface area (Å²) in [6.07, 6.45) is 5.72. The van der Waals surface area contributed by atoms with Crippen molar-refractivity contribution in [2.75, 3.05) is 20.3 Å². The molecule has 0 fully saturated rings. The Labute approximate surface area is 119 Å². The minimum absolute atomic E-state index is 0.0446. The zero-order chi connectivity index (χ0) is 15.1. The van der Waals surface area contributed by atoms with E-state index >= 15 is 0 Å². The highest BCUT2D eigenvalue weighted by Gasteiger charge is 2.37. The van der Waals surface area contributed by atoms with Crippen molar-refractivity contribution >= 4 is 8.32 Å². The summed E-state index contributed by atoms with van der Waals surface area (Å²) in [5.74, 6) is 0. The highest BCUT2D eigenvalue weighted by atomic mass is 28.4. The van der Waals surface area contributed by atoms with Gasteiger partial charge in [0.15, 0.2) is 8.32 Å². The van der Waals surface area contributed by atoms with Crippen LogP contribution in [0.25, 0.3) is 0 Å². The molecule has 19 heavy (non-hydrogen) atoms. The SMILES string of the molecule is CO[C@H](/C=C/C=C(/C)CO)CO[Si](C)(C)C(C)(C)C. The molecule has 1 N–H and O–H groups in total. The Bertz CT molecular complexity index is 314. The van der Waals surface area contributed by atoms with E-state index in [1.165, 1.54) is 0 Å². The summed E-state index contributed by atoms with van der Waals surface area (Å²) in [7, 11) is -0.0340. The van der Waals surface area contributed by atoms with Crippen molar-refractivity contribution in [3.8, 4) is 0 Å². The average Bonchev–Trinajstić information content (AvgIpc) is 2.31. The second-order valence-electron chi connectivity index (χ2n) is 6.40. The normalized spacial score (nSPS) is 16.1. The summed E-state index contributed by atoms with van der Waals surface area (Å²) < 4.78 is 11.5. The predicted molar refractivity (Wildman–Crippen MR) is 83.9 cm³/mol. The van der Waals surface area contributed by atoms with Crippen molar-refractivity contribution in [2.45, 2.75) is 51.9 Å². The number of hydrogen-bond acceptors (Lipinski definition) is 3. The molecular weight excluding hydrogens is 256 g/mol. The molecule has 0 amide bonds. The molecule has 0 aliphatic carbocycles. The molecule has 0 saturated carbocycles.